The number of ketones is 1. The lowest BCUT2D eigenvalue weighted by molar-refractivity contribution is -0.137. The van der Waals surface area contributed by atoms with Gasteiger partial charge in [-0.1, -0.05) is 24.1 Å². The minimum absolute atomic E-state index is 0.00815. The Bertz CT molecular complexity index is 969. The Hall–Kier alpha value is -2.65. The SMILES string of the molecule is C#Cc1ccccc1C1=C(O)CC(CCSc2ccc(C(F)(F)F)cc2)CC1=O. The van der Waals surface area contributed by atoms with Crippen LogP contribution in [0.2, 0.25) is 0 Å². The van der Waals surface area contributed by atoms with Crippen molar-refractivity contribution in [3.63, 3.8) is 0 Å². The molecule has 0 amide bonds. The normalized spacial score (nSPS) is 17.3. The Labute approximate surface area is 171 Å². The molecule has 1 unspecified atom stereocenters. The first-order chi connectivity index (χ1) is 13.8. The van der Waals surface area contributed by atoms with Crippen molar-refractivity contribution in [1.82, 2.24) is 0 Å². The van der Waals surface area contributed by atoms with Gasteiger partial charge in [0, 0.05) is 28.9 Å². The van der Waals surface area contributed by atoms with Crippen molar-refractivity contribution in [1.29, 1.82) is 0 Å². The lowest BCUT2D eigenvalue weighted by atomic mass is 9.82. The van der Waals surface area contributed by atoms with Crippen LogP contribution in [0.15, 0.2) is 59.2 Å². The van der Waals surface area contributed by atoms with Crippen LogP contribution in [0.1, 0.15) is 36.0 Å². The predicted molar refractivity (Wildman–Crippen MR) is 108 cm³/mol. The Morgan fingerprint density at radius 2 is 1.79 bits per heavy atom. The first-order valence-electron chi connectivity index (χ1n) is 9.11. The maximum absolute atomic E-state index is 12.6. The summed E-state index contributed by atoms with van der Waals surface area (Å²) in [5, 5.41) is 10.5. The summed E-state index contributed by atoms with van der Waals surface area (Å²) in [5.41, 5.74) is 0.772. The van der Waals surface area contributed by atoms with Crippen molar-refractivity contribution in [3.05, 3.63) is 71.0 Å². The van der Waals surface area contributed by atoms with E-state index < -0.39 is 11.7 Å². The van der Waals surface area contributed by atoms with Gasteiger partial charge in [0.25, 0.3) is 0 Å². The maximum Gasteiger partial charge on any atom is 0.416 e. The molecule has 0 aliphatic heterocycles. The molecule has 0 heterocycles. The molecule has 0 saturated heterocycles. The number of rotatable bonds is 5. The van der Waals surface area contributed by atoms with E-state index in [2.05, 4.69) is 5.92 Å². The molecule has 1 aliphatic carbocycles. The number of carbonyl (C=O) groups is 1. The van der Waals surface area contributed by atoms with Crippen molar-refractivity contribution < 1.29 is 23.1 Å². The zero-order valence-electron chi connectivity index (χ0n) is 15.5. The molecule has 29 heavy (non-hydrogen) atoms. The number of terminal acetylenes is 1. The second-order valence-corrected chi connectivity index (χ2v) is 8.04. The Balaban J connectivity index is 1.61. The second kappa shape index (κ2) is 8.79. The Morgan fingerprint density at radius 3 is 2.41 bits per heavy atom. The van der Waals surface area contributed by atoms with Crippen molar-refractivity contribution in [3.8, 4) is 12.3 Å². The second-order valence-electron chi connectivity index (χ2n) is 6.87. The minimum atomic E-state index is -4.34. The summed E-state index contributed by atoms with van der Waals surface area (Å²) in [6, 6.07) is 12.1. The molecule has 0 fully saturated rings. The molecule has 1 N–H and O–H groups in total. The van der Waals surface area contributed by atoms with Gasteiger partial charge >= 0.3 is 6.18 Å². The van der Waals surface area contributed by atoms with Gasteiger partial charge in [0.2, 0.25) is 0 Å². The number of halogens is 3. The number of hydrogen-bond donors (Lipinski definition) is 1. The molecule has 1 aliphatic rings. The van der Waals surface area contributed by atoms with E-state index >= 15 is 0 Å². The zero-order valence-corrected chi connectivity index (χ0v) is 16.3. The minimum Gasteiger partial charge on any atom is -0.512 e. The fraction of sp³-hybridized carbons (Fsp3) is 0.261. The molecular formula is C23H19F3O2S. The molecule has 2 aromatic rings. The highest BCUT2D eigenvalue weighted by Crippen LogP contribution is 2.36. The molecule has 6 heteroatoms. The molecule has 2 aromatic carbocycles. The lowest BCUT2D eigenvalue weighted by Crippen LogP contribution is -2.20. The van der Waals surface area contributed by atoms with E-state index in [1.54, 1.807) is 24.3 Å². The topological polar surface area (TPSA) is 37.3 Å². The van der Waals surface area contributed by atoms with Crippen LogP contribution in [-0.2, 0) is 11.0 Å². The van der Waals surface area contributed by atoms with Crippen LogP contribution in [0.3, 0.4) is 0 Å². The smallest absolute Gasteiger partial charge is 0.416 e. The van der Waals surface area contributed by atoms with E-state index in [0.29, 0.717) is 41.7 Å². The summed E-state index contributed by atoms with van der Waals surface area (Å²) in [6.07, 6.45) is 2.52. The number of Topliss-reactive ketones (excluding diaryl/α,β-unsaturated/α-hetero) is 1. The molecule has 0 spiro atoms. The lowest BCUT2D eigenvalue weighted by Gasteiger charge is -2.24. The fourth-order valence-corrected chi connectivity index (χ4v) is 4.41. The van der Waals surface area contributed by atoms with E-state index in [-0.39, 0.29) is 17.5 Å². The van der Waals surface area contributed by atoms with Crippen LogP contribution in [0.25, 0.3) is 5.57 Å². The number of allylic oxidation sites excluding steroid dienone is 2. The van der Waals surface area contributed by atoms with Crippen molar-refractivity contribution in [2.45, 2.75) is 30.3 Å². The molecule has 0 aromatic heterocycles. The fourth-order valence-electron chi connectivity index (χ4n) is 3.39. The van der Waals surface area contributed by atoms with Gasteiger partial charge in [-0.2, -0.15) is 13.2 Å². The van der Waals surface area contributed by atoms with Gasteiger partial charge in [-0.05, 0) is 48.4 Å². The maximum atomic E-state index is 12.6. The Morgan fingerprint density at radius 1 is 1.10 bits per heavy atom. The third-order valence-electron chi connectivity index (χ3n) is 4.85. The number of hydrogen-bond acceptors (Lipinski definition) is 3. The molecule has 1 atom stereocenters. The number of aliphatic hydroxyl groups excluding tert-OH is 1. The van der Waals surface area contributed by atoms with Crippen molar-refractivity contribution in [2.24, 2.45) is 5.92 Å². The van der Waals surface area contributed by atoms with E-state index in [4.69, 9.17) is 6.42 Å². The molecule has 3 rings (SSSR count). The summed E-state index contributed by atoms with van der Waals surface area (Å²) < 4.78 is 37.8. The molecule has 0 radical (unpaired) electrons. The van der Waals surface area contributed by atoms with Crippen LogP contribution in [0, 0.1) is 18.3 Å². The van der Waals surface area contributed by atoms with Crippen LogP contribution in [0.5, 0.6) is 0 Å². The summed E-state index contributed by atoms with van der Waals surface area (Å²) in [5.74, 6) is 3.09. The van der Waals surface area contributed by atoms with Crippen LogP contribution >= 0.6 is 11.8 Å². The average molecular weight is 416 g/mol. The summed E-state index contributed by atoms with van der Waals surface area (Å²) >= 11 is 1.44. The number of carbonyl (C=O) groups excluding carboxylic acids is 1. The third kappa shape index (κ3) is 5.04. The number of thioether (sulfide) groups is 1. The van der Waals surface area contributed by atoms with Gasteiger partial charge in [-0.3, -0.25) is 4.79 Å². The summed E-state index contributed by atoms with van der Waals surface area (Å²) in [6.45, 7) is 0. The molecule has 150 valence electrons. The van der Waals surface area contributed by atoms with Crippen LogP contribution in [0.4, 0.5) is 13.2 Å². The van der Waals surface area contributed by atoms with Gasteiger partial charge in [0.1, 0.15) is 5.76 Å². The largest absolute Gasteiger partial charge is 0.512 e. The van der Waals surface area contributed by atoms with Gasteiger partial charge in [-0.25, -0.2) is 0 Å². The first kappa shape index (κ1) is 21.1. The van der Waals surface area contributed by atoms with Crippen LogP contribution in [-0.4, -0.2) is 16.6 Å². The van der Waals surface area contributed by atoms with Gasteiger partial charge < -0.3 is 5.11 Å². The number of alkyl halides is 3. The van der Waals surface area contributed by atoms with E-state index in [9.17, 15) is 23.1 Å². The number of benzene rings is 2. The summed E-state index contributed by atoms with van der Waals surface area (Å²) in [4.78, 5) is 13.4. The molecule has 0 saturated carbocycles. The quantitative estimate of drug-likeness (QED) is 0.471. The van der Waals surface area contributed by atoms with E-state index in [1.165, 1.54) is 23.9 Å². The van der Waals surface area contributed by atoms with Gasteiger partial charge in [0.05, 0.1) is 11.1 Å². The number of aliphatic hydroxyl groups is 1. The van der Waals surface area contributed by atoms with Gasteiger partial charge in [0.15, 0.2) is 5.78 Å². The molecular weight excluding hydrogens is 397 g/mol. The monoisotopic (exact) mass is 416 g/mol. The summed E-state index contributed by atoms with van der Waals surface area (Å²) in [7, 11) is 0. The third-order valence-corrected chi connectivity index (χ3v) is 5.90. The average Bonchev–Trinajstić information content (AvgIpc) is 2.67. The molecule has 2 nitrogen and oxygen atoms in total. The zero-order chi connectivity index (χ0) is 21.0. The highest BCUT2D eigenvalue weighted by Gasteiger charge is 2.30. The van der Waals surface area contributed by atoms with E-state index in [1.807, 2.05) is 0 Å². The first-order valence-corrected chi connectivity index (χ1v) is 10.1. The van der Waals surface area contributed by atoms with E-state index in [0.717, 1.165) is 17.0 Å². The molecule has 0 bridgehead atoms. The standard InChI is InChI=1S/C23H19F3O2S/c1-2-16-5-3-4-6-19(16)22-20(27)13-15(14-21(22)28)11-12-29-18-9-7-17(8-10-18)23(24,25)26/h1,3-10,15,27H,11-14H2. The highest BCUT2D eigenvalue weighted by atomic mass is 32.2. The predicted octanol–water partition coefficient (Wildman–Crippen LogP) is 6.12. The Kier molecular flexibility index (Phi) is 6.39. The highest BCUT2D eigenvalue weighted by molar-refractivity contribution is 7.99. The van der Waals surface area contributed by atoms with Gasteiger partial charge in [-0.15, -0.1) is 18.2 Å². The van der Waals surface area contributed by atoms with Crippen LogP contribution < -0.4 is 0 Å². The van der Waals surface area contributed by atoms with Crippen molar-refractivity contribution in [2.75, 3.05) is 5.75 Å². The van der Waals surface area contributed by atoms with Crippen molar-refractivity contribution >= 4 is 23.1 Å².